The Kier molecular flexibility index (Phi) is 4.35. The van der Waals surface area contributed by atoms with Gasteiger partial charge in [0.15, 0.2) is 0 Å². The fourth-order valence-electron chi connectivity index (χ4n) is 1.68. The molecule has 88 valence electrons. The van der Waals surface area contributed by atoms with Gasteiger partial charge in [0.05, 0.1) is 11.7 Å². The van der Waals surface area contributed by atoms with Crippen LogP contribution < -0.4 is 5.73 Å². The van der Waals surface area contributed by atoms with Crippen molar-refractivity contribution in [3.63, 3.8) is 0 Å². The molecule has 1 atom stereocenters. The smallest absolute Gasteiger partial charge is 0.340 e. The molecule has 1 aromatic rings. The highest BCUT2D eigenvalue weighted by molar-refractivity contribution is 5.96. The first-order valence-electron chi connectivity index (χ1n) is 5.62. The zero-order valence-electron chi connectivity index (χ0n) is 10.1. The summed E-state index contributed by atoms with van der Waals surface area (Å²) in [6.07, 6.45) is 1.81. The average Bonchev–Trinajstić information content (AvgIpc) is 2.17. The molecule has 0 aliphatic heterocycles. The molecule has 0 radical (unpaired) electrons. The van der Waals surface area contributed by atoms with Gasteiger partial charge in [-0.1, -0.05) is 25.5 Å². The van der Waals surface area contributed by atoms with Crippen molar-refractivity contribution in [2.45, 2.75) is 39.7 Å². The highest BCUT2D eigenvalue weighted by atomic mass is 16.5. The number of nitrogens with two attached hydrogens (primary N) is 1. The monoisotopic (exact) mass is 221 g/mol. The van der Waals surface area contributed by atoms with E-state index in [1.165, 1.54) is 0 Å². The minimum Gasteiger partial charge on any atom is -0.459 e. The Morgan fingerprint density at radius 2 is 2.19 bits per heavy atom. The summed E-state index contributed by atoms with van der Waals surface area (Å²) in [5, 5.41) is 0. The molecular weight excluding hydrogens is 202 g/mol. The Balaban J connectivity index is 2.80. The number of anilines is 1. The molecule has 2 N–H and O–H groups in total. The van der Waals surface area contributed by atoms with Gasteiger partial charge < -0.3 is 10.5 Å². The first-order valence-corrected chi connectivity index (χ1v) is 5.62. The van der Waals surface area contributed by atoms with E-state index in [4.69, 9.17) is 10.5 Å². The highest BCUT2D eigenvalue weighted by Crippen LogP contribution is 2.18. The van der Waals surface area contributed by atoms with Crippen molar-refractivity contribution < 1.29 is 9.53 Å². The predicted octanol–water partition coefficient (Wildman–Crippen LogP) is 2.92. The molecule has 3 heteroatoms. The van der Waals surface area contributed by atoms with E-state index < -0.39 is 0 Å². The van der Waals surface area contributed by atoms with Crippen LogP contribution in [0, 0.1) is 6.92 Å². The van der Waals surface area contributed by atoms with Gasteiger partial charge in [0.25, 0.3) is 0 Å². The van der Waals surface area contributed by atoms with Crippen LogP contribution in [-0.4, -0.2) is 12.1 Å². The molecule has 0 saturated heterocycles. The number of nitrogen functional groups attached to an aromatic ring is 1. The quantitative estimate of drug-likeness (QED) is 0.628. The lowest BCUT2D eigenvalue weighted by atomic mass is 10.1. The van der Waals surface area contributed by atoms with Crippen LogP contribution in [0.25, 0.3) is 0 Å². The molecule has 0 aliphatic rings. The van der Waals surface area contributed by atoms with Crippen LogP contribution in [0.1, 0.15) is 42.6 Å². The third-order valence-corrected chi connectivity index (χ3v) is 2.51. The normalized spacial score (nSPS) is 12.2. The van der Waals surface area contributed by atoms with Crippen LogP contribution in [0.3, 0.4) is 0 Å². The number of benzene rings is 1. The first-order chi connectivity index (χ1) is 7.56. The number of aryl methyl sites for hydroxylation is 1. The SMILES string of the molecule is CCCC(C)OC(=O)c1c(C)cccc1N. The first kappa shape index (κ1) is 12.6. The maximum atomic E-state index is 11.9. The Morgan fingerprint density at radius 1 is 1.50 bits per heavy atom. The third kappa shape index (κ3) is 2.99. The van der Waals surface area contributed by atoms with E-state index in [0.29, 0.717) is 11.3 Å². The molecule has 0 aromatic heterocycles. The Hall–Kier alpha value is -1.51. The lowest BCUT2D eigenvalue weighted by Gasteiger charge is -2.14. The van der Waals surface area contributed by atoms with Gasteiger partial charge >= 0.3 is 5.97 Å². The van der Waals surface area contributed by atoms with Crippen LogP contribution in [0.4, 0.5) is 5.69 Å². The fourth-order valence-corrected chi connectivity index (χ4v) is 1.68. The van der Waals surface area contributed by atoms with E-state index in [-0.39, 0.29) is 12.1 Å². The standard InChI is InChI=1S/C13H19NO2/c1-4-6-10(3)16-13(15)12-9(2)7-5-8-11(12)14/h5,7-8,10H,4,6,14H2,1-3H3. The van der Waals surface area contributed by atoms with Crippen LogP contribution >= 0.6 is 0 Å². The number of ether oxygens (including phenoxy) is 1. The van der Waals surface area contributed by atoms with E-state index >= 15 is 0 Å². The van der Waals surface area contributed by atoms with Gasteiger partial charge in [-0.2, -0.15) is 0 Å². The maximum absolute atomic E-state index is 11.9. The minimum absolute atomic E-state index is 0.0588. The van der Waals surface area contributed by atoms with E-state index in [1.807, 2.05) is 26.0 Å². The predicted molar refractivity (Wildman–Crippen MR) is 65.4 cm³/mol. The molecule has 0 bridgehead atoms. The molecule has 0 amide bonds. The van der Waals surface area contributed by atoms with Gasteiger partial charge in [-0.05, 0) is 31.9 Å². The molecule has 0 spiro atoms. The Morgan fingerprint density at radius 3 is 2.75 bits per heavy atom. The van der Waals surface area contributed by atoms with Gasteiger partial charge in [0, 0.05) is 5.69 Å². The van der Waals surface area contributed by atoms with Crippen molar-refractivity contribution in [3.8, 4) is 0 Å². The second-order valence-corrected chi connectivity index (χ2v) is 4.04. The number of rotatable bonds is 4. The second-order valence-electron chi connectivity index (χ2n) is 4.04. The van der Waals surface area contributed by atoms with Crippen LogP contribution in [0.15, 0.2) is 18.2 Å². The van der Waals surface area contributed by atoms with Crippen LogP contribution in [-0.2, 0) is 4.74 Å². The molecule has 16 heavy (non-hydrogen) atoms. The molecule has 1 rings (SSSR count). The van der Waals surface area contributed by atoms with Crippen LogP contribution in [0.5, 0.6) is 0 Å². The van der Waals surface area contributed by atoms with Gasteiger partial charge in [-0.25, -0.2) is 4.79 Å². The van der Waals surface area contributed by atoms with Crippen molar-refractivity contribution in [2.75, 3.05) is 5.73 Å². The summed E-state index contributed by atoms with van der Waals surface area (Å²) in [5.41, 5.74) is 7.60. The lowest BCUT2D eigenvalue weighted by molar-refractivity contribution is 0.0324. The minimum atomic E-state index is -0.323. The average molecular weight is 221 g/mol. The summed E-state index contributed by atoms with van der Waals surface area (Å²) < 4.78 is 5.32. The fraction of sp³-hybridized carbons (Fsp3) is 0.462. The lowest BCUT2D eigenvalue weighted by Crippen LogP contribution is -2.17. The number of carbonyl (C=O) groups is 1. The van der Waals surface area contributed by atoms with E-state index in [1.54, 1.807) is 6.07 Å². The summed E-state index contributed by atoms with van der Waals surface area (Å²) in [6.45, 7) is 5.82. The molecule has 3 nitrogen and oxygen atoms in total. The maximum Gasteiger partial charge on any atom is 0.340 e. The Bertz CT molecular complexity index is 354. The summed E-state index contributed by atoms with van der Waals surface area (Å²) in [4.78, 5) is 11.9. The molecule has 0 aliphatic carbocycles. The number of hydrogen-bond acceptors (Lipinski definition) is 3. The molecular formula is C13H19NO2. The van der Waals surface area contributed by atoms with E-state index in [2.05, 4.69) is 6.92 Å². The third-order valence-electron chi connectivity index (χ3n) is 2.51. The number of carbonyl (C=O) groups excluding carboxylic acids is 1. The summed E-state index contributed by atoms with van der Waals surface area (Å²) >= 11 is 0. The zero-order chi connectivity index (χ0) is 12.1. The largest absolute Gasteiger partial charge is 0.459 e. The second kappa shape index (κ2) is 5.54. The van der Waals surface area contributed by atoms with Gasteiger partial charge in [-0.3, -0.25) is 0 Å². The van der Waals surface area contributed by atoms with E-state index in [0.717, 1.165) is 18.4 Å². The highest BCUT2D eigenvalue weighted by Gasteiger charge is 2.16. The molecule has 0 fully saturated rings. The summed E-state index contributed by atoms with van der Waals surface area (Å²) in [6, 6.07) is 5.41. The number of esters is 1. The van der Waals surface area contributed by atoms with Crippen molar-refractivity contribution >= 4 is 11.7 Å². The molecule has 0 heterocycles. The summed E-state index contributed by atoms with van der Waals surface area (Å²) in [5.74, 6) is -0.323. The van der Waals surface area contributed by atoms with Crippen LogP contribution in [0.2, 0.25) is 0 Å². The molecule has 1 aromatic carbocycles. The van der Waals surface area contributed by atoms with Crippen molar-refractivity contribution in [2.24, 2.45) is 0 Å². The molecule has 0 saturated carbocycles. The van der Waals surface area contributed by atoms with Crippen molar-refractivity contribution in [1.29, 1.82) is 0 Å². The van der Waals surface area contributed by atoms with Crippen molar-refractivity contribution in [1.82, 2.24) is 0 Å². The zero-order valence-corrected chi connectivity index (χ0v) is 10.1. The van der Waals surface area contributed by atoms with Gasteiger partial charge in [-0.15, -0.1) is 0 Å². The number of hydrogen-bond donors (Lipinski definition) is 1. The summed E-state index contributed by atoms with van der Waals surface area (Å²) in [7, 11) is 0. The van der Waals surface area contributed by atoms with Gasteiger partial charge in [0.2, 0.25) is 0 Å². The Labute approximate surface area is 96.6 Å². The van der Waals surface area contributed by atoms with Crippen molar-refractivity contribution in [3.05, 3.63) is 29.3 Å². The van der Waals surface area contributed by atoms with Gasteiger partial charge in [0.1, 0.15) is 0 Å². The topological polar surface area (TPSA) is 52.3 Å². The van der Waals surface area contributed by atoms with E-state index in [9.17, 15) is 4.79 Å². The molecule has 1 unspecified atom stereocenters.